The van der Waals surface area contributed by atoms with Crippen LogP contribution in [-0.4, -0.2) is 22.4 Å². The molecule has 0 saturated heterocycles. The Labute approximate surface area is 169 Å². The lowest BCUT2D eigenvalue weighted by molar-refractivity contribution is 0.103. The minimum atomic E-state index is -0.0906. The molecule has 1 N–H and O–H groups in total. The largest absolute Gasteiger partial charge is 0.492 e. The average molecular weight is 403 g/mol. The van der Waals surface area contributed by atoms with Gasteiger partial charge >= 0.3 is 0 Å². The van der Waals surface area contributed by atoms with Crippen molar-refractivity contribution in [1.29, 1.82) is 0 Å². The predicted octanol–water partition coefficient (Wildman–Crippen LogP) is 5.21. The second-order valence-electron chi connectivity index (χ2n) is 6.50. The quantitative estimate of drug-likeness (QED) is 0.595. The molecule has 0 bridgehead atoms. The summed E-state index contributed by atoms with van der Waals surface area (Å²) in [5, 5.41) is 0.517. The molecule has 1 atom stereocenters. The molecule has 0 fully saturated rings. The van der Waals surface area contributed by atoms with Gasteiger partial charge in [0, 0.05) is 22.2 Å². The number of H-pyrrole nitrogens is 1. The summed E-state index contributed by atoms with van der Waals surface area (Å²) >= 11 is 6.13. The molecule has 0 spiro atoms. The van der Waals surface area contributed by atoms with Crippen LogP contribution in [-0.2, 0) is 6.42 Å². The third-order valence-corrected chi connectivity index (χ3v) is 5.01. The molecule has 0 amide bonds. The predicted molar refractivity (Wildman–Crippen MR) is 108 cm³/mol. The average Bonchev–Trinajstić information content (AvgIpc) is 3.16. The lowest BCUT2D eigenvalue weighted by Crippen LogP contribution is -2.17. The third-order valence-electron chi connectivity index (χ3n) is 4.78. The van der Waals surface area contributed by atoms with E-state index in [1.54, 1.807) is 36.7 Å². The number of carbonyl (C=O) groups excluding carboxylic acids is 1. The lowest BCUT2D eigenvalue weighted by atomic mass is 9.90. The van der Waals surface area contributed by atoms with E-state index in [9.17, 15) is 4.79 Å². The number of hydrogen-bond donors (Lipinski definition) is 1. The smallest absolute Gasteiger partial charge is 0.196 e. The van der Waals surface area contributed by atoms with Crippen molar-refractivity contribution >= 4 is 29.8 Å². The highest BCUT2D eigenvalue weighted by Crippen LogP contribution is 2.31. The Morgan fingerprint density at radius 2 is 2.04 bits per heavy atom. The van der Waals surface area contributed by atoms with E-state index < -0.39 is 0 Å². The second-order valence-corrected chi connectivity index (χ2v) is 6.94. The molecule has 140 valence electrons. The van der Waals surface area contributed by atoms with E-state index in [4.69, 9.17) is 16.3 Å². The van der Waals surface area contributed by atoms with Crippen molar-refractivity contribution in [3.05, 3.63) is 82.4 Å². The second kappa shape index (κ2) is 8.59. The summed E-state index contributed by atoms with van der Waals surface area (Å²) < 4.78 is 6.07. The zero-order valence-corrected chi connectivity index (χ0v) is 16.2. The van der Waals surface area contributed by atoms with Crippen molar-refractivity contribution in [2.24, 2.45) is 0 Å². The molecule has 1 aromatic heterocycles. The molecular weight excluding hydrogens is 383 g/mol. The van der Waals surface area contributed by atoms with Gasteiger partial charge in [-0.25, -0.2) is 4.98 Å². The van der Waals surface area contributed by atoms with Crippen molar-refractivity contribution in [2.45, 2.75) is 25.2 Å². The summed E-state index contributed by atoms with van der Waals surface area (Å²) in [6.45, 7) is 0.495. The van der Waals surface area contributed by atoms with Gasteiger partial charge in [0.1, 0.15) is 5.75 Å². The molecule has 1 aliphatic carbocycles. The van der Waals surface area contributed by atoms with Crippen LogP contribution in [0.15, 0.2) is 54.9 Å². The first-order chi connectivity index (χ1) is 12.7. The zero-order chi connectivity index (χ0) is 17.9. The fourth-order valence-corrected chi connectivity index (χ4v) is 3.62. The van der Waals surface area contributed by atoms with E-state index in [1.165, 1.54) is 5.69 Å². The van der Waals surface area contributed by atoms with Crippen LogP contribution in [0.3, 0.4) is 0 Å². The maximum Gasteiger partial charge on any atom is 0.196 e. The van der Waals surface area contributed by atoms with E-state index in [0.29, 0.717) is 28.5 Å². The van der Waals surface area contributed by atoms with Crippen molar-refractivity contribution in [2.75, 3.05) is 6.61 Å². The molecule has 0 radical (unpaired) electrons. The first-order valence-corrected chi connectivity index (χ1v) is 9.14. The highest BCUT2D eigenvalue weighted by atomic mass is 35.5. The number of benzene rings is 2. The topological polar surface area (TPSA) is 55.0 Å². The van der Waals surface area contributed by atoms with Gasteiger partial charge in [-0.05, 0) is 37.5 Å². The monoisotopic (exact) mass is 402 g/mol. The van der Waals surface area contributed by atoms with Gasteiger partial charge in [0.15, 0.2) is 5.78 Å². The van der Waals surface area contributed by atoms with Crippen LogP contribution in [0, 0.1) is 0 Å². The summed E-state index contributed by atoms with van der Waals surface area (Å²) in [6.07, 6.45) is 4.92. The van der Waals surface area contributed by atoms with Gasteiger partial charge in [-0.15, -0.1) is 12.4 Å². The van der Waals surface area contributed by atoms with Gasteiger partial charge in [0.25, 0.3) is 0 Å². The van der Waals surface area contributed by atoms with Crippen LogP contribution in [0.25, 0.3) is 0 Å². The number of carbonyl (C=O) groups is 1. The SMILES string of the molecule is Cl.O=C(c1ccccc1)c1cc(Cl)ccc1OCC1CCCc2[nH]cnc21. The molecule has 1 unspecified atom stereocenters. The van der Waals surface area contributed by atoms with Crippen molar-refractivity contribution in [1.82, 2.24) is 9.97 Å². The Kier molecular flexibility index (Phi) is 6.19. The summed E-state index contributed by atoms with van der Waals surface area (Å²) in [6, 6.07) is 14.4. The maximum absolute atomic E-state index is 12.9. The van der Waals surface area contributed by atoms with E-state index in [-0.39, 0.29) is 24.1 Å². The lowest BCUT2D eigenvalue weighted by Gasteiger charge is -2.22. The molecular formula is C21H20Cl2N2O2. The molecule has 1 heterocycles. The number of imidazole rings is 1. The molecule has 4 rings (SSSR count). The van der Waals surface area contributed by atoms with Gasteiger partial charge in [-0.3, -0.25) is 4.79 Å². The molecule has 1 aliphatic rings. The molecule has 2 aromatic carbocycles. The number of hydrogen-bond acceptors (Lipinski definition) is 3. The van der Waals surface area contributed by atoms with Gasteiger partial charge < -0.3 is 9.72 Å². The first kappa shape index (κ1) is 19.5. The summed E-state index contributed by atoms with van der Waals surface area (Å²) in [7, 11) is 0. The number of aromatic nitrogens is 2. The number of ketones is 1. The minimum absolute atomic E-state index is 0. The number of nitrogens with one attached hydrogen (secondary N) is 1. The first-order valence-electron chi connectivity index (χ1n) is 8.76. The number of ether oxygens (including phenoxy) is 1. The van der Waals surface area contributed by atoms with Crippen molar-refractivity contribution < 1.29 is 9.53 Å². The Morgan fingerprint density at radius 1 is 1.22 bits per heavy atom. The zero-order valence-electron chi connectivity index (χ0n) is 14.7. The van der Waals surface area contributed by atoms with E-state index in [2.05, 4.69) is 9.97 Å². The minimum Gasteiger partial charge on any atom is -0.492 e. The highest BCUT2D eigenvalue weighted by Gasteiger charge is 2.24. The standard InChI is InChI=1S/C21H19ClN2O2.ClH/c22-16-9-10-19(17(11-16)21(25)14-5-2-1-3-6-14)26-12-15-7-4-8-18-20(15)24-13-23-18;/h1-3,5-6,9-11,13,15H,4,7-8,12H2,(H,23,24);1H. The van der Waals surface area contributed by atoms with Gasteiger partial charge in [0.05, 0.1) is 24.2 Å². The van der Waals surface area contributed by atoms with Crippen LogP contribution in [0.2, 0.25) is 5.02 Å². The summed E-state index contributed by atoms with van der Waals surface area (Å²) in [4.78, 5) is 20.5. The number of aromatic amines is 1. The molecule has 4 nitrogen and oxygen atoms in total. The molecule has 0 aliphatic heterocycles. The van der Waals surface area contributed by atoms with Gasteiger partial charge in [-0.1, -0.05) is 41.9 Å². The van der Waals surface area contributed by atoms with E-state index in [1.807, 2.05) is 18.2 Å². The van der Waals surface area contributed by atoms with Crippen LogP contribution in [0.4, 0.5) is 0 Å². The third kappa shape index (κ3) is 4.18. The van der Waals surface area contributed by atoms with Gasteiger partial charge in [0.2, 0.25) is 0 Å². The Balaban J connectivity index is 0.00000210. The number of nitrogens with zero attached hydrogens (tertiary/aromatic N) is 1. The van der Waals surface area contributed by atoms with E-state index in [0.717, 1.165) is 25.0 Å². The van der Waals surface area contributed by atoms with Gasteiger partial charge in [-0.2, -0.15) is 0 Å². The fraction of sp³-hybridized carbons (Fsp3) is 0.238. The summed E-state index contributed by atoms with van der Waals surface area (Å²) in [5.41, 5.74) is 3.39. The van der Waals surface area contributed by atoms with Crippen LogP contribution in [0.5, 0.6) is 5.75 Å². The Bertz CT molecular complexity index is 925. The number of halogens is 2. The Morgan fingerprint density at radius 3 is 2.85 bits per heavy atom. The van der Waals surface area contributed by atoms with Crippen LogP contribution in [0.1, 0.15) is 46.1 Å². The number of aryl methyl sites for hydroxylation is 1. The fourth-order valence-electron chi connectivity index (χ4n) is 3.45. The molecule has 6 heteroatoms. The number of fused-ring (bicyclic) bond motifs is 1. The van der Waals surface area contributed by atoms with E-state index >= 15 is 0 Å². The molecule has 27 heavy (non-hydrogen) atoms. The highest BCUT2D eigenvalue weighted by molar-refractivity contribution is 6.31. The molecule has 3 aromatic rings. The van der Waals surface area contributed by atoms with Crippen LogP contribution < -0.4 is 4.74 Å². The number of rotatable bonds is 5. The maximum atomic E-state index is 12.9. The van der Waals surface area contributed by atoms with Crippen molar-refractivity contribution in [3.8, 4) is 5.75 Å². The molecule has 0 saturated carbocycles. The Hall–Kier alpha value is -2.30. The van der Waals surface area contributed by atoms with Crippen molar-refractivity contribution in [3.63, 3.8) is 0 Å². The van der Waals surface area contributed by atoms with Crippen LogP contribution >= 0.6 is 24.0 Å². The normalized spacial score (nSPS) is 15.5. The summed E-state index contributed by atoms with van der Waals surface area (Å²) in [5.74, 6) is 0.707.